The quantitative estimate of drug-likeness (QED) is 0.740. The molecule has 0 spiro atoms. The molecule has 4 nitrogen and oxygen atoms in total. The maximum atomic E-state index is 10.6. The number of nitrogens with zero attached hydrogens (tertiary/aromatic N) is 3. The molecule has 0 aliphatic rings. The summed E-state index contributed by atoms with van der Waals surface area (Å²) in [4.78, 5) is 14.6. The van der Waals surface area contributed by atoms with Crippen molar-refractivity contribution in [3.05, 3.63) is 29.5 Å². The molecule has 2 aromatic heterocycles. The molecule has 0 saturated heterocycles. The number of carbonyl (C=O) groups is 1. The van der Waals surface area contributed by atoms with Crippen LogP contribution in [0.4, 0.5) is 0 Å². The number of aromatic nitrogens is 3. The summed E-state index contributed by atoms with van der Waals surface area (Å²) in [5, 5.41) is 9.54. The van der Waals surface area contributed by atoms with E-state index < -0.39 is 0 Å². The maximum absolute atomic E-state index is 10.6. The summed E-state index contributed by atoms with van der Waals surface area (Å²) in [7, 11) is 0. The molecule has 0 aromatic carbocycles. The molecule has 0 aliphatic heterocycles. The molecule has 2 heterocycles. The van der Waals surface area contributed by atoms with Crippen molar-refractivity contribution in [1.29, 1.82) is 0 Å². The van der Waals surface area contributed by atoms with Crippen LogP contribution in [0.5, 0.6) is 0 Å². The Labute approximate surface area is 91.0 Å². The van der Waals surface area contributed by atoms with Crippen LogP contribution in [0.15, 0.2) is 24.5 Å². The fraction of sp³-hybridized carbons (Fsp3) is 0.200. The molecule has 5 heteroatoms. The van der Waals surface area contributed by atoms with Crippen LogP contribution in [0.3, 0.4) is 0 Å². The van der Waals surface area contributed by atoms with Crippen LogP contribution in [-0.4, -0.2) is 21.5 Å². The minimum Gasteiger partial charge on any atom is -0.303 e. The van der Waals surface area contributed by atoms with Gasteiger partial charge in [-0.1, -0.05) is 11.3 Å². The molecule has 76 valence electrons. The van der Waals surface area contributed by atoms with Crippen LogP contribution >= 0.6 is 11.3 Å². The average molecular weight is 219 g/mol. The van der Waals surface area contributed by atoms with Crippen LogP contribution in [0.1, 0.15) is 17.8 Å². The Kier molecular flexibility index (Phi) is 2.82. The third kappa shape index (κ3) is 2.07. The van der Waals surface area contributed by atoms with Crippen molar-refractivity contribution in [3.8, 4) is 10.6 Å². The van der Waals surface area contributed by atoms with Crippen LogP contribution in [0.2, 0.25) is 0 Å². The lowest BCUT2D eigenvalue weighted by atomic mass is 10.2. The zero-order valence-electron chi connectivity index (χ0n) is 8.12. The number of pyridine rings is 1. The Morgan fingerprint density at radius 3 is 3.00 bits per heavy atom. The first-order valence-corrected chi connectivity index (χ1v) is 5.32. The first-order chi connectivity index (χ1) is 7.31. The Hall–Kier alpha value is -1.62. The van der Waals surface area contributed by atoms with Crippen molar-refractivity contribution < 1.29 is 4.79 Å². The SMILES string of the molecule is CC(C=O)c1nnc(-c2cccnc2)s1. The molecule has 2 rings (SSSR count). The summed E-state index contributed by atoms with van der Waals surface area (Å²) in [5.41, 5.74) is 0.930. The van der Waals surface area contributed by atoms with Crippen molar-refractivity contribution in [2.45, 2.75) is 12.8 Å². The van der Waals surface area contributed by atoms with Gasteiger partial charge in [0.25, 0.3) is 0 Å². The summed E-state index contributed by atoms with van der Waals surface area (Å²) in [6.07, 6.45) is 4.31. The Bertz CT molecular complexity index is 455. The van der Waals surface area contributed by atoms with Gasteiger partial charge in [-0.2, -0.15) is 0 Å². The minimum absolute atomic E-state index is 0.187. The van der Waals surface area contributed by atoms with Gasteiger partial charge in [0.2, 0.25) is 0 Å². The van der Waals surface area contributed by atoms with E-state index in [0.717, 1.165) is 21.9 Å². The van der Waals surface area contributed by atoms with Gasteiger partial charge < -0.3 is 4.79 Å². The molecule has 0 saturated carbocycles. The van der Waals surface area contributed by atoms with E-state index in [1.165, 1.54) is 11.3 Å². The normalized spacial score (nSPS) is 12.3. The molecular formula is C10H9N3OS. The second-order valence-electron chi connectivity index (χ2n) is 3.11. The molecule has 0 N–H and O–H groups in total. The van der Waals surface area contributed by atoms with Crippen molar-refractivity contribution >= 4 is 17.6 Å². The second-order valence-corrected chi connectivity index (χ2v) is 4.12. The van der Waals surface area contributed by atoms with E-state index >= 15 is 0 Å². The van der Waals surface area contributed by atoms with Gasteiger partial charge in [0.1, 0.15) is 16.3 Å². The molecule has 2 aromatic rings. The lowest BCUT2D eigenvalue weighted by Gasteiger charge is -1.93. The third-order valence-corrected chi connectivity index (χ3v) is 3.12. The average Bonchev–Trinajstić information content (AvgIpc) is 2.78. The smallest absolute Gasteiger partial charge is 0.149 e. The Balaban J connectivity index is 2.32. The van der Waals surface area contributed by atoms with Crippen LogP contribution in [0, 0.1) is 0 Å². The summed E-state index contributed by atoms with van der Waals surface area (Å²) in [6.45, 7) is 1.81. The first-order valence-electron chi connectivity index (χ1n) is 4.50. The number of aldehydes is 1. The highest BCUT2D eigenvalue weighted by molar-refractivity contribution is 7.14. The lowest BCUT2D eigenvalue weighted by Crippen LogP contribution is -1.92. The topological polar surface area (TPSA) is 55.7 Å². The van der Waals surface area contributed by atoms with Gasteiger partial charge in [-0.25, -0.2) is 0 Å². The monoisotopic (exact) mass is 219 g/mol. The van der Waals surface area contributed by atoms with Gasteiger partial charge in [-0.05, 0) is 19.1 Å². The van der Waals surface area contributed by atoms with Gasteiger partial charge in [0.15, 0.2) is 0 Å². The molecule has 0 fully saturated rings. The highest BCUT2D eigenvalue weighted by atomic mass is 32.1. The van der Waals surface area contributed by atoms with E-state index in [1.807, 2.05) is 12.1 Å². The molecule has 1 atom stereocenters. The molecule has 0 amide bonds. The van der Waals surface area contributed by atoms with E-state index in [2.05, 4.69) is 15.2 Å². The molecule has 1 unspecified atom stereocenters. The zero-order chi connectivity index (χ0) is 10.7. The highest BCUT2D eigenvalue weighted by Gasteiger charge is 2.11. The maximum Gasteiger partial charge on any atom is 0.149 e. The van der Waals surface area contributed by atoms with Gasteiger partial charge in [-0.3, -0.25) is 4.98 Å². The minimum atomic E-state index is -0.187. The summed E-state index contributed by atoms with van der Waals surface area (Å²) in [6, 6.07) is 3.77. The van der Waals surface area contributed by atoms with Crippen LogP contribution in [0.25, 0.3) is 10.6 Å². The van der Waals surface area contributed by atoms with Crippen molar-refractivity contribution in [2.75, 3.05) is 0 Å². The van der Waals surface area contributed by atoms with E-state index in [9.17, 15) is 4.79 Å². The van der Waals surface area contributed by atoms with Crippen molar-refractivity contribution in [2.24, 2.45) is 0 Å². The highest BCUT2D eigenvalue weighted by Crippen LogP contribution is 2.25. The number of hydrogen-bond donors (Lipinski definition) is 0. The fourth-order valence-electron chi connectivity index (χ4n) is 1.08. The second kappa shape index (κ2) is 4.27. The van der Waals surface area contributed by atoms with Gasteiger partial charge in [0, 0.05) is 18.0 Å². The number of carbonyl (C=O) groups excluding carboxylic acids is 1. The van der Waals surface area contributed by atoms with Gasteiger partial charge in [0.05, 0.1) is 5.92 Å². The largest absolute Gasteiger partial charge is 0.303 e. The molecule has 0 aliphatic carbocycles. The Morgan fingerprint density at radius 1 is 1.47 bits per heavy atom. The first kappa shape index (κ1) is 9.92. The standard InChI is InChI=1S/C10H9N3OS/c1-7(6-14)9-12-13-10(15-9)8-3-2-4-11-5-8/h2-7H,1H3. The van der Waals surface area contributed by atoms with Gasteiger partial charge >= 0.3 is 0 Å². The zero-order valence-corrected chi connectivity index (χ0v) is 8.94. The van der Waals surface area contributed by atoms with E-state index in [0.29, 0.717) is 0 Å². The molecule has 0 bridgehead atoms. The van der Waals surface area contributed by atoms with E-state index in [4.69, 9.17) is 0 Å². The lowest BCUT2D eigenvalue weighted by molar-refractivity contribution is -0.108. The van der Waals surface area contributed by atoms with Crippen molar-refractivity contribution in [3.63, 3.8) is 0 Å². The number of rotatable bonds is 3. The molecular weight excluding hydrogens is 210 g/mol. The third-order valence-electron chi connectivity index (χ3n) is 1.94. The predicted molar refractivity (Wildman–Crippen MR) is 57.6 cm³/mol. The summed E-state index contributed by atoms with van der Waals surface area (Å²) < 4.78 is 0. The molecule has 15 heavy (non-hydrogen) atoms. The number of hydrogen-bond acceptors (Lipinski definition) is 5. The van der Waals surface area contributed by atoms with Crippen LogP contribution in [-0.2, 0) is 4.79 Å². The molecule has 0 radical (unpaired) electrons. The predicted octanol–water partition coefficient (Wildman–Crippen LogP) is 1.90. The summed E-state index contributed by atoms with van der Waals surface area (Å²) >= 11 is 1.43. The Morgan fingerprint density at radius 2 is 2.33 bits per heavy atom. The van der Waals surface area contributed by atoms with E-state index in [1.54, 1.807) is 19.3 Å². The van der Waals surface area contributed by atoms with E-state index in [-0.39, 0.29) is 5.92 Å². The van der Waals surface area contributed by atoms with Gasteiger partial charge in [-0.15, -0.1) is 10.2 Å². The summed E-state index contributed by atoms with van der Waals surface area (Å²) in [5.74, 6) is -0.187. The van der Waals surface area contributed by atoms with Crippen LogP contribution < -0.4 is 0 Å². The van der Waals surface area contributed by atoms with Crippen molar-refractivity contribution in [1.82, 2.24) is 15.2 Å². The fourth-order valence-corrected chi connectivity index (χ4v) is 1.92.